The molecule has 0 radical (unpaired) electrons. The molecule has 2 fully saturated rings. The molecule has 2 aromatic rings. The highest BCUT2D eigenvalue weighted by atomic mass is 19.3. The van der Waals surface area contributed by atoms with Crippen molar-refractivity contribution in [3.63, 3.8) is 0 Å². The number of pyridine rings is 1. The van der Waals surface area contributed by atoms with Crippen LogP contribution in [0.4, 0.5) is 20.3 Å². The van der Waals surface area contributed by atoms with E-state index in [1.54, 1.807) is 6.20 Å². The molecule has 6 rings (SSSR count). The average Bonchev–Trinajstić information content (AvgIpc) is 3.14. The minimum atomic E-state index is -2.69. The summed E-state index contributed by atoms with van der Waals surface area (Å²) in [7, 11) is 0. The van der Waals surface area contributed by atoms with Gasteiger partial charge in [-0.25, -0.2) is 13.8 Å². The van der Waals surface area contributed by atoms with Crippen molar-refractivity contribution in [3.8, 4) is 0 Å². The van der Waals surface area contributed by atoms with Crippen LogP contribution in [-0.2, 0) is 17.7 Å². The third kappa shape index (κ3) is 4.16. The zero-order chi connectivity index (χ0) is 24.2. The van der Waals surface area contributed by atoms with E-state index in [-0.39, 0.29) is 37.7 Å². The number of aryl methyl sites for hydroxylation is 1. The van der Waals surface area contributed by atoms with Gasteiger partial charge in [0, 0.05) is 68.9 Å². The lowest BCUT2D eigenvalue weighted by Crippen LogP contribution is -2.42. The van der Waals surface area contributed by atoms with Gasteiger partial charge in [0.05, 0.1) is 18.8 Å². The summed E-state index contributed by atoms with van der Waals surface area (Å²) in [6.45, 7) is 3.69. The van der Waals surface area contributed by atoms with Gasteiger partial charge >= 0.3 is 0 Å². The summed E-state index contributed by atoms with van der Waals surface area (Å²) in [6.07, 6.45) is 2.69. The van der Waals surface area contributed by atoms with Crippen molar-refractivity contribution in [1.29, 1.82) is 0 Å². The molecule has 1 aromatic carbocycles. The van der Waals surface area contributed by atoms with Gasteiger partial charge in [-0.15, -0.1) is 0 Å². The molecule has 35 heavy (non-hydrogen) atoms. The Labute approximate surface area is 202 Å². The van der Waals surface area contributed by atoms with Crippen molar-refractivity contribution in [2.24, 2.45) is 5.92 Å². The SMILES string of the molecule is O=C(c1cnc2c(c1)CCCN2c1ccc2c(c1)CN(CC1COC1)C2=O)N1CCC(F)(F)CC1. The van der Waals surface area contributed by atoms with Gasteiger partial charge in [-0.1, -0.05) is 0 Å². The maximum absolute atomic E-state index is 13.5. The molecule has 0 unspecified atom stereocenters. The van der Waals surface area contributed by atoms with Crippen LogP contribution in [0.25, 0.3) is 0 Å². The molecule has 184 valence electrons. The van der Waals surface area contributed by atoms with E-state index in [1.165, 1.54) is 4.90 Å². The number of likely N-dealkylation sites (tertiary alicyclic amines) is 1. The molecule has 0 bridgehead atoms. The molecule has 2 saturated heterocycles. The topological polar surface area (TPSA) is 66.0 Å². The fourth-order valence-electron chi connectivity index (χ4n) is 5.44. The van der Waals surface area contributed by atoms with Crippen LogP contribution in [0.3, 0.4) is 0 Å². The van der Waals surface area contributed by atoms with Crippen LogP contribution in [0, 0.1) is 5.92 Å². The number of hydrogen-bond acceptors (Lipinski definition) is 5. The van der Waals surface area contributed by atoms with Gasteiger partial charge in [0.1, 0.15) is 5.82 Å². The fourth-order valence-corrected chi connectivity index (χ4v) is 5.44. The Balaban J connectivity index is 1.21. The summed E-state index contributed by atoms with van der Waals surface area (Å²) in [5.74, 6) is -1.61. The first-order valence-electron chi connectivity index (χ1n) is 12.3. The van der Waals surface area contributed by atoms with Crippen molar-refractivity contribution in [2.45, 2.75) is 38.2 Å². The van der Waals surface area contributed by atoms with E-state index in [0.29, 0.717) is 18.0 Å². The van der Waals surface area contributed by atoms with Gasteiger partial charge in [0.25, 0.3) is 17.7 Å². The van der Waals surface area contributed by atoms with Crippen molar-refractivity contribution >= 4 is 23.3 Å². The number of alkyl halides is 2. The second-order valence-electron chi connectivity index (χ2n) is 10.0. The first-order valence-corrected chi connectivity index (χ1v) is 12.3. The van der Waals surface area contributed by atoms with Crippen LogP contribution < -0.4 is 4.90 Å². The van der Waals surface area contributed by atoms with E-state index in [9.17, 15) is 18.4 Å². The third-order valence-corrected chi connectivity index (χ3v) is 7.52. The predicted molar refractivity (Wildman–Crippen MR) is 125 cm³/mol. The normalized spacial score (nSPS) is 21.5. The molecule has 4 aliphatic heterocycles. The van der Waals surface area contributed by atoms with Crippen molar-refractivity contribution in [2.75, 3.05) is 44.3 Å². The van der Waals surface area contributed by atoms with E-state index < -0.39 is 5.92 Å². The Hall–Kier alpha value is -3.07. The molecule has 5 heterocycles. The quantitative estimate of drug-likeness (QED) is 0.666. The molecule has 7 nitrogen and oxygen atoms in total. The van der Waals surface area contributed by atoms with E-state index in [1.807, 2.05) is 23.1 Å². The smallest absolute Gasteiger partial charge is 0.255 e. The standard InChI is InChI=1S/C26H28F2N4O3/c27-26(28)5-8-30(9-6-26)24(33)19-10-18-2-1-7-32(23(18)29-12-19)21-3-4-22-20(11-21)14-31(25(22)34)13-17-15-35-16-17/h3-4,10-12,17H,1-2,5-9,13-16H2. The molecule has 1 aromatic heterocycles. The average molecular weight is 483 g/mol. The van der Waals surface area contributed by atoms with Crippen LogP contribution in [-0.4, -0.2) is 71.9 Å². The monoisotopic (exact) mass is 482 g/mol. The first kappa shape index (κ1) is 22.4. The molecule has 0 N–H and O–H groups in total. The molecule has 0 aliphatic carbocycles. The van der Waals surface area contributed by atoms with Crippen LogP contribution >= 0.6 is 0 Å². The Morgan fingerprint density at radius 2 is 1.91 bits per heavy atom. The van der Waals surface area contributed by atoms with Gasteiger partial charge in [-0.05, 0) is 48.2 Å². The molecule has 0 saturated carbocycles. The number of rotatable bonds is 4. The second kappa shape index (κ2) is 8.55. The number of nitrogens with zero attached hydrogens (tertiary/aromatic N) is 4. The Morgan fingerprint density at radius 1 is 1.11 bits per heavy atom. The fraction of sp³-hybridized carbons (Fsp3) is 0.500. The van der Waals surface area contributed by atoms with Crippen molar-refractivity contribution in [3.05, 3.63) is 52.7 Å². The van der Waals surface area contributed by atoms with Crippen LogP contribution in [0.2, 0.25) is 0 Å². The third-order valence-electron chi connectivity index (χ3n) is 7.52. The number of amides is 2. The van der Waals surface area contributed by atoms with Gasteiger partial charge in [-0.2, -0.15) is 0 Å². The summed E-state index contributed by atoms with van der Waals surface area (Å²) in [5, 5.41) is 0. The van der Waals surface area contributed by atoms with Crippen LogP contribution in [0.1, 0.15) is 51.1 Å². The van der Waals surface area contributed by atoms with Crippen molar-refractivity contribution < 1.29 is 23.1 Å². The Bertz CT molecular complexity index is 1170. The van der Waals surface area contributed by atoms with E-state index in [4.69, 9.17) is 4.74 Å². The predicted octanol–water partition coefficient (Wildman–Crippen LogP) is 3.64. The number of benzene rings is 1. The maximum Gasteiger partial charge on any atom is 0.255 e. The number of piperidine rings is 1. The van der Waals surface area contributed by atoms with Crippen LogP contribution in [0.5, 0.6) is 0 Å². The van der Waals surface area contributed by atoms with Gasteiger partial charge in [0.2, 0.25) is 0 Å². The summed E-state index contributed by atoms with van der Waals surface area (Å²) in [4.78, 5) is 35.9. The highest BCUT2D eigenvalue weighted by molar-refractivity contribution is 5.99. The molecule has 0 atom stereocenters. The Kier molecular flexibility index (Phi) is 5.47. The lowest BCUT2D eigenvalue weighted by Gasteiger charge is -2.33. The summed E-state index contributed by atoms with van der Waals surface area (Å²) < 4.78 is 32.2. The minimum Gasteiger partial charge on any atom is -0.381 e. The number of ether oxygens (including phenoxy) is 1. The lowest BCUT2D eigenvalue weighted by atomic mass is 10.0. The number of aromatic nitrogens is 1. The van der Waals surface area contributed by atoms with E-state index in [2.05, 4.69) is 16.0 Å². The van der Waals surface area contributed by atoms with E-state index in [0.717, 1.165) is 67.3 Å². The minimum absolute atomic E-state index is 0.0632. The number of hydrogen-bond donors (Lipinski definition) is 0. The zero-order valence-corrected chi connectivity index (χ0v) is 19.5. The second-order valence-corrected chi connectivity index (χ2v) is 10.0. The molecule has 9 heteroatoms. The number of carbonyl (C=O) groups excluding carboxylic acids is 2. The van der Waals surface area contributed by atoms with Crippen LogP contribution in [0.15, 0.2) is 30.5 Å². The van der Waals surface area contributed by atoms with E-state index >= 15 is 0 Å². The van der Waals surface area contributed by atoms with Crippen molar-refractivity contribution in [1.82, 2.24) is 14.8 Å². The highest BCUT2D eigenvalue weighted by Crippen LogP contribution is 2.36. The maximum atomic E-state index is 13.5. The highest BCUT2D eigenvalue weighted by Gasteiger charge is 2.36. The van der Waals surface area contributed by atoms with Gasteiger partial charge in [-0.3, -0.25) is 9.59 Å². The molecular weight excluding hydrogens is 454 g/mol. The largest absolute Gasteiger partial charge is 0.381 e. The molecule has 4 aliphatic rings. The molecular formula is C26H28F2N4O3. The number of fused-ring (bicyclic) bond motifs is 2. The first-order chi connectivity index (χ1) is 16.9. The number of carbonyl (C=O) groups is 2. The lowest BCUT2D eigenvalue weighted by molar-refractivity contribution is -0.0494. The van der Waals surface area contributed by atoms with Gasteiger partial charge < -0.3 is 19.4 Å². The summed E-state index contributed by atoms with van der Waals surface area (Å²) in [6, 6.07) is 7.82. The summed E-state index contributed by atoms with van der Waals surface area (Å²) in [5.41, 5.74) is 4.19. The number of halogens is 2. The molecule has 0 spiro atoms. The Morgan fingerprint density at radius 3 is 2.66 bits per heavy atom. The van der Waals surface area contributed by atoms with Gasteiger partial charge in [0.15, 0.2) is 0 Å². The number of anilines is 2. The molecule has 2 amide bonds. The summed E-state index contributed by atoms with van der Waals surface area (Å²) >= 11 is 0. The zero-order valence-electron chi connectivity index (χ0n) is 19.5.